The summed E-state index contributed by atoms with van der Waals surface area (Å²) in [6, 6.07) is 18.4. The maximum absolute atomic E-state index is 11.3. The Kier molecular flexibility index (Phi) is 8.22. The van der Waals surface area contributed by atoms with Crippen molar-refractivity contribution >= 4 is 30.7 Å². The Hall–Kier alpha value is -1.59. The highest BCUT2D eigenvalue weighted by Crippen LogP contribution is 2.29. The van der Waals surface area contributed by atoms with E-state index in [1.807, 2.05) is 30.3 Å². The molecule has 1 aliphatic rings. The van der Waals surface area contributed by atoms with E-state index in [0.29, 0.717) is 5.56 Å². The highest BCUT2D eigenvalue weighted by atomic mass is 35.5. The monoisotopic (exact) mass is 367 g/mol. The number of carbonyl (C=O) groups excluding carboxylic acids is 1. The Balaban J connectivity index is 0.00000144. The minimum absolute atomic E-state index is 0. The van der Waals surface area contributed by atoms with Crippen LogP contribution in [-0.4, -0.2) is 37.0 Å². The van der Waals surface area contributed by atoms with Crippen LogP contribution in [0, 0.1) is 0 Å². The van der Waals surface area contributed by atoms with Crippen LogP contribution in [0.15, 0.2) is 54.6 Å². The fourth-order valence-corrected chi connectivity index (χ4v) is 3.02. The maximum atomic E-state index is 11.3. The molecule has 2 aromatic carbocycles. The Labute approximate surface area is 155 Å². The number of hydrogen-bond acceptors (Lipinski definition) is 3. The summed E-state index contributed by atoms with van der Waals surface area (Å²) < 4.78 is 0. The number of halogens is 2. The van der Waals surface area contributed by atoms with Crippen LogP contribution in [0.4, 0.5) is 0 Å². The zero-order valence-corrected chi connectivity index (χ0v) is 15.0. The molecule has 0 aromatic heterocycles. The van der Waals surface area contributed by atoms with Crippen LogP contribution in [0.25, 0.3) is 0 Å². The van der Waals surface area contributed by atoms with Gasteiger partial charge in [-0.05, 0) is 23.3 Å². The van der Waals surface area contributed by atoms with E-state index in [0.717, 1.165) is 26.2 Å². The van der Waals surface area contributed by atoms with Crippen molar-refractivity contribution in [1.29, 1.82) is 0 Å². The van der Waals surface area contributed by atoms with Gasteiger partial charge in [0.05, 0.1) is 6.04 Å². The van der Waals surface area contributed by atoms with Crippen LogP contribution in [0.3, 0.4) is 0 Å². The third-order valence-electron chi connectivity index (χ3n) is 4.14. The highest BCUT2D eigenvalue weighted by molar-refractivity contribution is 5.92. The van der Waals surface area contributed by atoms with Gasteiger partial charge in [-0.1, -0.05) is 42.5 Å². The first-order valence-corrected chi connectivity index (χ1v) is 7.65. The summed E-state index contributed by atoms with van der Waals surface area (Å²) in [4.78, 5) is 13.7. The Morgan fingerprint density at radius 2 is 1.46 bits per heavy atom. The molecule has 2 aromatic rings. The molecular formula is C18H23Cl2N3O. The molecule has 1 aliphatic heterocycles. The van der Waals surface area contributed by atoms with Gasteiger partial charge in [0.25, 0.3) is 0 Å². The van der Waals surface area contributed by atoms with Gasteiger partial charge in [-0.15, -0.1) is 24.8 Å². The summed E-state index contributed by atoms with van der Waals surface area (Å²) in [5.41, 5.74) is 8.35. The molecule has 0 radical (unpaired) electrons. The topological polar surface area (TPSA) is 58.4 Å². The molecule has 3 N–H and O–H groups in total. The minimum Gasteiger partial charge on any atom is -0.366 e. The first-order valence-electron chi connectivity index (χ1n) is 7.65. The first-order chi connectivity index (χ1) is 10.8. The molecular weight excluding hydrogens is 345 g/mol. The lowest BCUT2D eigenvalue weighted by atomic mass is 9.95. The molecule has 1 saturated heterocycles. The summed E-state index contributed by atoms with van der Waals surface area (Å²) in [5.74, 6) is -0.384. The average molecular weight is 368 g/mol. The lowest BCUT2D eigenvalue weighted by Gasteiger charge is -2.35. The number of carbonyl (C=O) groups is 1. The highest BCUT2D eigenvalue weighted by Gasteiger charge is 2.23. The van der Waals surface area contributed by atoms with Crippen LogP contribution >= 0.6 is 24.8 Å². The molecule has 4 nitrogen and oxygen atoms in total. The summed E-state index contributed by atoms with van der Waals surface area (Å²) in [6.07, 6.45) is 0. The van der Waals surface area contributed by atoms with E-state index >= 15 is 0 Å². The van der Waals surface area contributed by atoms with Crippen LogP contribution in [0.5, 0.6) is 0 Å². The summed E-state index contributed by atoms with van der Waals surface area (Å²) >= 11 is 0. The molecule has 130 valence electrons. The van der Waals surface area contributed by atoms with E-state index in [4.69, 9.17) is 5.73 Å². The second-order valence-electron chi connectivity index (χ2n) is 5.59. The van der Waals surface area contributed by atoms with Crippen molar-refractivity contribution in [2.75, 3.05) is 26.2 Å². The van der Waals surface area contributed by atoms with Gasteiger partial charge >= 0.3 is 0 Å². The Bertz CT molecular complexity index is 628. The van der Waals surface area contributed by atoms with Crippen LogP contribution in [0.2, 0.25) is 0 Å². The molecule has 24 heavy (non-hydrogen) atoms. The summed E-state index contributed by atoms with van der Waals surface area (Å²) in [6.45, 7) is 4.03. The third-order valence-corrected chi connectivity index (χ3v) is 4.14. The lowest BCUT2D eigenvalue weighted by molar-refractivity contribution is 0.1000. The van der Waals surface area contributed by atoms with Crippen molar-refractivity contribution in [3.63, 3.8) is 0 Å². The standard InChI is InChI=1S/C18H21N3O.2ClH/c19-18(22)16-8-6-15(7-9-16)17(14-4-2-1-3-5-14)21-12-10-20-11-13-21;;/h1-9,17,20H,10-13H2,(H2,19,22);2*1H. The summed E-state index contributed by atoms with van der Waals surface area (Å²) in [5, 5.41) is 3.39. The predicted molar refractivity (Wildman–Crippen MR) is 102 cm³/mol. The number of nitrogens with zero attached hydrogens (tertiary/aromatic N) is 1. The average Bonchev–Trinajstić information content (AvgIpc) is 2.57. The molecule has 3 rings (SSSR count). The fourth-order valence-electron chi connectivity index (χ4n) is 3.02. The first kappa shape index (κ1) is 20.5. The number of benzene rings is 2. The van der Waals surface area contributed by atoms with Crippen molar-refractivity contribution in [1.82, 2.24) is 10.2 Å². The van der Waals surface area contributed by atoms with Crippen LogP contribution in [0.1, 0.15) is 27.5 Å². The van der Waals surface area contributed by atoms with Gasteiger partial charge in [-0.2, -0.15) is 0 Å². The number of nitrogens with one attached hydrogen (secondary N) is 1. The fraction of sp³-hybridized carbons (Fsp3) is 0.278. The molecule has 0 bridgehead atoms. The summed E-state index contributed by atoms with van der Waals surface area (Å²) in [7, 11) is 0. The minimum atomic E-state index is -0.384. The quantitative estimate of drug-likeness (QED) is 0.872. The molecule has 1 unspecified atom stereocenters. The van der Waals surface area contributed by atoms with E-state index in [2.05, 4.69) is 34.5 Å². The number of nitrogens with two attached hydrogens (primary N) is 1. The van der Waals surface area contributed by atoms with Crippen molar-refractivity contribution < 1.29 is 4.79 Å². The molecule has 0 spiro atoms. The third kappa shape index (κ3) is 4.71. The number of primary amides is 1. The lowest BCUT2D eigenvalue weighted by Crippen LogP contribution is -2.45. The van der Waals surface area contributed by atoms with Gasteiger partial charge in [0.15, 0.2) is 0 Å². The van der Waals surface area contributed by atoms with Gasteiger partial charge in [-0.3, -0.25) is 9.69 Å². The Morgan fingerprint density at radius 1 is 0.917 bits per heavy atom. The van der Waals surface area contributed by atoms with E-state index in [-0.39, 0.29) is 36.8 Å². The van der Waals surface area contributed by atoms with E-state index in [9.17, 15) is 4.79 Å². The normalized spacial score (nSPS) is 15.7. The molecule has 6 heteroatoms. The Morgan fingerprint density at radius 3 is 2.00 bits per heavy atom. The van der Waals surface area contributed by atoms with Crippen molar-refractivity contribution in [3.8, 4) is 0 Å². The molecule has 1 atom stereocenters. The van der Waals surface area contributed by atoms with Crippen LogP contribution in [-0.2, 0) is 0 Å². The van der Waals surface area contributed by atoms with Gasteiger partial charge in [0, 0.05) is 31.7 Å². The van der Waals surface area contributed by atoms with Crippen molar-refractivity contribution in [2.24, 2.45) is 5.73 Å². The largest absolute Gasteiger partial charge is 0.366 e. The number of hydrogen-bond donors (Lipinski definition) is 2. The predicted octanol–water partition coefficient (Wildman–Crippen LogP) is 2.62. The number of amides is 1. The van der Waals surface area contributed by atoms with Gasteiger partial charge in [0.1, 0.15) is 0 Å². The van der Waals surface area contributed by atoms with E-state index in [1.54, 1.807) is 0 Å². The van der Waals surface area contributed by atoms with Gasteiger partial charge in [0.2, 0.25) is 5.91 Å². The maximum Gasteiger partial charge on any atom is 0.248 e. The zero-order chi connectivity index (χ0) is 15.4. The second kappa shape index (κ2) is 9.64. The number of rotatable bonds is 4. The van der Waals surface area contributed by atoms with E-state index in [1.165, 1.54) is 11.1 Å². The van der Waals surface area contributed by atoms with Crippen molar-refractivity contribution in [2.45, 2.75) is 6.04 Å². The molecule has 0 aliphatic carbocycles. The molecule has 1 amide bonds. The molecule has 1 fully saturated rings. The van der Waals surface area contributed by atoms with Crippen molar-refractivity contribution in [3.05, 3.63) is 71.3 Å². The van der Waals surface area contributed by atoms with Crippen LogP contribution < -0.4 is 11.1 Å². The second-order valence-corrected chi connectivity index (χ2v) is 5.59. The van der Waals surface area contributed by atoms with Gasteiger partial charge in [-0.25, -0.2) is 0 Å². The number of piperazine rings is 1. The van der Waals surface area contributed by atoms with Gasteiger partial charge < -0.3 is 11.1 Å². The zero-order valence-electron chi connectivity index (χ0n) is 13.4. The smallest absolute Gasteiger partial charge is 0.248 e. The van der Waals surface area contributed by atoms with E-state index < -0.39 is 0 Å². The molecule has 1 heterocycles. The molecule has 0 saturated carbocycles. The SMILES string of the molecule is Cl.Cl.NC(=O)c1ccc(C(c2ccccc2)N2CCNCC2)cc1.